The fourth-order valence-corrected chi connectivity index (χ4v) is 2.63. The van der Waals surface area contributed by atoms with Gasteiger partial charge < -0.3 is 9.67 Å². The maximum absolute atomic E-state index is 11.6. The lowest BCUT2D eigenvalue weighted by Gasteiger charge is -2.37. The summed E-state index contributed by atoms with van der Waals surface area (Å²) in [5.41, 5.74) is -0.757. The molecule has 4 heteroatoms. The molecule has 1 heterocycles. The fraction of sp³-hybridized carbons (Fsp3) is 0.667. The molecule has 1 aliphatic rings. The Kier molecular flexibility index (Phi) is 2.74. The van der Waals surface area contributed by atoms with Crippen LogP contribution in [0.2, 0.25) is 0 Å². The molecule has 0 radical (unpaired) electrons. The molecule has 1 fully saturated rings. The second-order valence-corrected chi connectivity index (χ2v) is 4.86. The van der Waals surface area contributed by atoms with E-state index in [1.807, 2.05) is 11.5 Å². The lowest BCUT2D eigenvalue weighted by atomic mass is 9.77. The summed E-state index contributed by atoms with van der Waals surface area (Å²) >= 11 is 0. The molecule has 16 heavy (non-hydrogen) atoms. The minimum atomic E-state index is -0.757. The summed E-state index contributed by atoms with van der Waals surface area (Å²) in [7, 11) is 0. The summed E-state index contributed by atoms with van der Waals surface area (Å²) < 4.78 is 1.83. The van der Waals surface area contributed by atoms with Crippen LogP contribution in [0.25, 0.3) is 0 Å². The Morgan fingerprint density at radius 3 is 2.62 bits per heavy atom. The van der Waals surface area contributed by atoms with Crippen molar-refractivity contribution in [3.05, 3.63) is 18.2 Å². The summed E-state index contributed by atoms with van der Waals surface area (Å²) in [6, 6.07) is 0. The van der Waals surface area contributed by atoms with Crippen molar-refractivity contribution in [3.8, 4) is 0 Å². The summed E-state index contributed by atoms with van der Waals surface area (Å²) in [5, 5.41) is 9.52. The molecule has 1 aromatic rings. The molecule has 0 saturated heterocycles. The van der Waals surface area contributed by atoms with Crippen molar-refractivity contribution in [2.24, 2.45) is 5.92 Å². The minimum Gasteiger partial charge on any atom is -0.479 e. The third kappa shape index (κ3) is 1.62. The van der Waals surface area contributed by atoms with Crippen molar-refractivity contribution >= 4 is 5.97 Å². The molecule has 1 saturated carbocycles. The normalized spacial score (nSPS) is 30.2. The van der Waals surface area contributed by atoms with Gasteiger partial charge in [-0.3, -0.25) is 0 Å². The molecule has 0 amide bonds. The van der Waals surface area contributed by atoms with E-state index >= 15 is 0 Å². The summed E-state index contributed by atoms with van der Waals surface area (Å²) in [6.07, 6.45) is 6.84. The van der Waals surface area contributed by atoms with Crippen LogP contribution < -0.4 is 0 Å². The van der Waals surface area contributed by atoms with Crippen LogP contribution in [-0.4, -0.2) is 20.6 Å². The van der Waals surface area contributed by atoms with Gasteiger partial charge in [-0.1, -0.05) is 6.92 Å². The molecule has 0 unspecified atom stereocenters. The van der Waals surface area contributed by atoms with E-state index in [0.29, 0.717) is 18.8 Å². The van der Waals surface area contributed by atoms with Crippen molar-refractivity contribution in [1.82, 2.24) is 9.55 Å². The second kappa shape index (κ2) is 3.92. The van der Waals surface area contributed by atoms with Crippen molar-refractivity contribution in [2.45, 2.75) is 45.1 Å². The number of carboxylic acid groups (broad SMARTS) is 1. The van der Waals surface area contributed by atoms with E-state index in [9.17, 15) is 9.90 Å². The fourth-order valence-electron chi connectivity index (χ4n) is 2.63. The van der Waals surface area contributed by atoms with Crippen LogP contribution in [0.1, 0.15) is 38.4 Å². The number of carboxylic acids is 1. The molecule has 0 atom stereocenters. The van der Waals surface area contributed by atoms with Crippen LogP contribution in [0.3, 0.4) is 0 Å². The summed E-state index contributed by atoms with van der Waals surface area (Å²) in [5.74, 6) is 0.703. The number of aliphatic carboxylic acids is 1. The van der Waals surface area contributed by atoms with E-state index in [0.717, 1.165) is 18.7 Å². The van der Waals surface area contributed by atoms with Gasteiger partial charge in [0.25, 0.3) is 0 Å². The van der Waals surface area contributed by atoms with Crippen molar-refractivity contribution in [3.63, 3.8) is 0 Å². The van der Waals surface area contributed by atoms with Gasteiger partial charge >= 0.3 is 5.97 Å². The number of hydrogen-bond acceptors (Lipinski definition) is 2. The Hall–Kier alpha value is -1.32. The van der Waals surface area contributed by atoms with E-state index < -0.39 is 11.5 Å². The first-order valence-corrected chi connectivity index (χ1v) is 5.80. The van der Waals surface area contributed by atoms with E-state index in [1.54, 1.807) is 12.4 Å². The quantitative estimate of drug-likeness (QED) is 0.834. The van der Waals surface area contributed by atoms with Crippen LogP contribution >= 0.6 is 0 Å². The Morgan fingerprint density at radius 2 is 2.19 bits per heavy atom. The number of aromatic nitrogens is 2. The van der Waals surface area contributed by atoms with Crippen LogP contribution in [0.15, 0.2) is 12.4 Å². The van der Waals surface area contributed by atoms with Gasteiger partial charge in [-0.15, -0.1) is 0 Å². The molecule has 0 aromatic carbocycles. The second-order valence-electron chi connectivity index (χ2n) is 4.86. The number of hydrogen-bond donors (Lipinski definition) is 1. The number of aryl methyl sites for hydroxylation is 1. The smallest absolute Gasteiger partial charge is 0.329 e. The first-order chi connectivity index (χ1) is 7.56. The first-order valence-electron chi connectivity index (χ1n) is 5.80. The molecule has 4 nitrogen and oxygen atoms in total. The highest BCUT2D eigenvalue weighted by Crippen LogP contribution is 2.38. The summed E-state index contributed by atoms with van der Waals surface area (Å²) in [4.78, 5) is 15.7. The topological polar surface area (TPSA) is 55.1 Å². The highest BCUT2D eigenvalue weighted by Gasteiger charge is 2.43. The Morgan fingerprint density at radius 1 is 1.56 bits per heavy atom. The third-order valence-corrected chi connectivity index (χ3v) is 3.79. The average molecular weight is 222 g/mol. The number of imidazole rings is 1. The zero-order chi connectivity index (χ0) is 11.8. The molecule has 1 aromatic heterocycles. The molecule has 88 valence electrons. The largest absolute Gasteiger partial charge is 0.479 e. The monoisotopic (exact) mass is 222 g/mol. The van der Waals surface area contributed by atoms with Gasteiger partial charge in [-0.05, 0) is 38.5 Å². The minimum absolute atomic E-state index is 0.635. The maximum atomic E-state index is 11.6. The molecule has 0 aliphatic heterocycles. The molecule has 1 N–H and O–H groups in total. The van der Waals surface area contributed by atoms with Gasteiger partial charge in [0.05, 0.1) is 0 Å². The standard InChI is InChI=1S/C12H18N2O2/c1-9-3-5-12(6-4-9,11(15)16)14-8-7-13-10(14)2/h7-9H,3-6H2,1-2H3,(H,15,16). The lowest BCUT2D eigenvalue weighted by Crippen LogP contribution is -2.45. The predicted octanol–water partition coefficient (Wildman–Crippen LogP) is 2.18. The number of nitrogens with zero attached hydrogens (tertiary/aromatic N) is 2. The van der Waals surface area contributed by atoms with Crippen LogP contribution in [-0.2, 0) is 10.3 Å². The Labute approximate surface area is 95.3 Å². The molecule has 0 bridgehead atoms. The highest BCUT2D eigenvalue weighted by atomic mass is 16.4. The SMILES string of the molecule is Cc1nccn1C1(C(=O)O)CCC(C)CC1. The van der Waals surface area contributed by atoms with Gasteiger partial charge in [-0.2, -0.15) is 0 Å². The van der Waals surface area contributed by atoms with Gasteiger partial charge in [0, 0.05) is 12.4 Å². The number of rotatable bonds is 2. The Balaban J connectivity index is 2.37. The molecular weight excluding hydrogens is 204 g/mol. The maximum Gasteiger partial charge on any atom is 0.329 e. The molecule has 1 aliphatic carbocycles. The van der Waals surface area contributed by atoms with E-state index in [-0.39, 0.29) is 0 Å². The van der Waals surface area contributed by atoms with Crippen molar-refractivity contribution in [2.75, 3.05) is 0 Å². The number of carbonyl (C=O) groups is 1. The highest BCUT2D eigenvalue weighted by molar-refractivity contribution is 5.77. The van der Waals surface area contributed by atoms with Crippen molar-refractivity contribution in [1.29, 1.82) is 0 Å². The van der Waals surface area contributed by atoms with E-state index in [4.69, 9.17) is 0 Å². The van der Waals surface area contributed by atoms with Crippen LogP contribution in [0.5, 0.6) is 0 Å². The average Bonchev–Trinajstić information content (AvgIpc) is 2.66. The lowest BCUT2D eigenvalue weighted by molar-refractivity contribution is -0.150. The zero-order valence-electron chi connectivity index (χ0n) is 9.81. The van der Waals surface area contributed by atoms with Gasteiger partial charge in [0.15, 0.2) is 0 Å². The van der Waals surface area contributed by atoms with Crippen LogP contribution in [0, 0.1) is 12.8 Å². The van der Waals surface area contributed by atoms with E-state index in [1.165, 1.54) is 0 Å². The van der Waals surface area contributed by atoms with Gasteiger partial charge in [-0.25, -0.2) is 9.78 Å². The van der Waals surface area contributed by atoms with Gasteiger partial charge in [0.2, 0.25) is 0 Å². The van der Waals surface area contributed by atoms with Gasteiger partial charge in [0.1, 0.15) is 11.4 Å². The molecule has 0 spiro atoms. The van der Waals surface area contributed by atoms with Crippen LogP contribution in [0.4, 0.5) is 0 Å². The van der Waals surface area contributed by atoms with E-state index in [2.05, 4.69) is 11.9 Å². The molecule has 2 rings (SSSR count). The zero-order valence-corrected chi connectivity index (χ0v) is 9.81. The summed E-state index contributed by atoms with van der Waals surface area (Å²) in [6.45, 7) is 4.05. The third-order valence-electron chi connectivity index (χ3n) is 3.79. The molecular formula is C12H18N2O2. The first kappa shape index (κ1) is 11.2. The van der Waals surface area contributed by atoms with Crippen molar-refractivity contribution < 1.29 is 9.90 Å². The predicted molar refractivity (Wildman–Crippen MR) is 60.2 cm³/mol. The Bertz CT molecular complexity index is 389.